The van der Waals surface area contributed by atoms with E-state index in [0.717, 1.165) is 12.0 Å². The van der Waals surface area contributed by atoms with Crippen LogP contribution in [0.1, 0.15) is 54.7 Å². The molecule has 2 aromatic heterocycles. The first-order valence-corrected chi connectivity index (χ1v) is 13.4. The van der Waals surface area contributed by atoms with Gasteiger partial charge in [-0.25, -0.2) is 4.68 Å². The lowest BCUT2D eigenvalue weighted by Crippen LogP contribution is -2.14. The standard InChI is InChI=1S/C32H27ClN8/c1-3-13-41-20-29(39-40-41)31(23-12-8-9-21(14-23)17-34)37-25-15-26-30(24(18-35)19-36-32(26)27(33)16-25)38-28(4-2)22-10-6-5-7-11-22/h3,5-12,14-16,19-20,28,31,37H,1,4,13H2,2H3,(H,36,38)/t28-,31+/m1/s1/i31D. The van der Waals surface area contributed by atoms with Gasteiger partial charge in [-0.05, 0) is 41.8 Å². The average molecular weight is 560 g/mol. The number of hydrogen-bond donors (Lipinski definition) is 2. The largest absolute Gasteiger partial charge is 0.377 e. The van der Waals surface area contributed by atoms with Crippen LogP contribution in [-0.2, 0) is 6.54 Å². The topological polar surface area (TPSA) is 115 Å². The second-order valence-electron chi connectivity index (χ2n) is 9.34. The first-order valence-electron chi connectivity index (χ1n) is 13.5. The summed E-state index contributed by atoms with van der Waals surface area (Å²) < 4.78 is 11.2. The van der Waals surface area contributed by atoms with Gasteiger partial charge in [0.1, 0.15) is 11.8 Å². The number of nitrogens with zero attached hydrogens (tertiary/aromatic N) is 6. The predicted octanol–water partition coefficient (Wildman–Crippen LogP) is 7.17. The highest BCUT2D eigenvalue weighted by molar-refractivity contribution is 6.35. The van der Waals surface area contributed by atoms with Crippen molar-refractivity contribution in [3.05, 3.63) is 125 Å². The van der Waals surface area contributed by atoms with Crippen molar-refractivity contribution in [1.82, 2.24) is 20.0 Å². The molecule has 0 fully saturated rings. The van der Waals surface area contributed by atoms with Gasteiger partial charge in [-0.15, -0.1) is 11.7 Å². The number of benzene rings is 3. The number of anilines is 2. The number of hydrogen-bond acceptors (Lipinski definition) is 7. The van der Waals surface area contributed by atoms with E-state index >= 15 is 0 Å². The molecule has 2 atom stereocenters. The lowest BCUT2D eigenvalue weighted by Gasteiger charge is -2.22. The second kappa shape index (κ2) is 12.3. The summed E-state index contributed by atoms with van der Waals surface area (Å²) in [5.74, 6) is 0. The summed E-state index contributed by atoms with van der Waals surface area (Å²) in [4.78, 5) is 4.48. The van der Waals surface area contributed by atoms with Crippen LogP contribution in [0.5, 0.6) is 0 Å². The summed E-state index contributed by atoms with van der Waals surface area (Å²) in [5, 5.41) is 35.8. The Labute approximate surface area is 244 Å². The molecule has 0 saturated heterocycles. The fourth-order valence-electron chi connectivity index (χ4n) is 4.66. The van der Waals surface area contributed by atoms with Crippen molar-refractivity contribution in [2.75, 3.05) is 10.6 Å². The minimum atomic E-state index is -1.65. The van der Waals surface area contributed by atoms with Crippen LogP contribution in [0, 0.1) is 22.7 Å². The molecule has 202 valence electrons. The quantitative estimate of drug-likeness (QED) is 0.174. The molecule has 41 heavy (non-hydrogen) atoms. The van der Waals surface area contributed by atoms with Gasteiger partial charge in [-0.2, -0.15) is 10.5 Å². The Morgan fingerprint density at radius 2 is 1.88 bits per heavy atom. The fraction of sp³-hybridized carbons (Fsp3) is 0.156. The van der Waals surface area contributed by atoms with Crippen LogP contribution < -0.4 is 10.6 Å². The Bertz CT molecular complexity index is 1840. The minimum Gasteiger partial charge on any atom is -0.377 e. The first kappa shape index (κ1) is 26.1. The number of pyridine rings is 1. The molecule has 0 unspecified atom stereocenters. The van der Waals surface area contributed by atoms with Gasteiger partial charge < -0.3 is 10.6 Å². The maximum absolute atomic E-state index is 9.99. The summed E-state index contributed by atoms with van der Waals surface area (Å²) in [5.41, 5.74) is 4.27. The van der Waals surface area contributed by atoms with Crippen LogP contribution in [0.4, 0.5) is 11.4 Å². The number of aromatic nitrogens is 4. The van der Waals surface area contributed by atoms with Crippen molar-refractivity contribution in [3.63, 3.8) is 0 Å². The number of rotatable bonds is 10. The molecule has 5 rings (SSSR count). The van der Waals surface area contributed by atoms with E-state index in [1.165, 1.54) is 6.20 Å². The third-order valence-electron chi connectivity index (χ3n) is 6.63. The molecule has 2 heterocycles. The van der Waals surface area contributed by atoms with E-state index < -0.39 is 6.02 Å². The lowest BCUT2D eigenvalue weighted by molar-refractivity contribution is 0.661. The molecule has 0 saturated carbocycles. The monoisotopic (exact) mass is 559 g/mol. The smallest absolute Gasteiger partial charge is 0.109 e. The molecule has 0 aliphatic carbocycles. The van der Waals surface area contributed by atoms with Crippen molar-refractivity contribution in [3.8, 4) is 12.1 Å². The van der Waals surface area contributed by atoms with E-state index in [1.807, 2.05) is 36.4 Å². The summed E-state index contributed by atoms with van der Waals surface area (Å²) in [6.07, 6.45) is 5.64. The molecule has 5 aromatic rings. The van der Waals surface area contributed by atoms with Crippen LogP contribution in [0.3, 0.4) is 0 Å². The van der Waals surface area contributed by atoms with E-state index in [9.17, 15) is 11.9 Å². The summed E-state index contributed by atoms with van der Waals surface area (Å²) >= 11 is 6.77. The van der Waals surface area contributed by atoms with Crippen LogP contribution in [-0.4, -0.2) is 20.0 Å². The van der Waals surface area contributed by atoms with Gasteiger partial charge >= 0.3 is 0 Å². The van der Waals surface area contributed by atoms with Crippen LogP contribution >= 0.6 is 11.6 Å². The van der Waals surface area contributed by atoms with Crippen LogP contribution in [0.15, 0.2) is 91.8 Å². The summed E-state index contributed by atoms with van der Waals surface area (Å²) in [6, 6.07) is 23.0. The van der Waals surface area contributed by atoms with E-state index in [2.05, 4.69) is 51.6 Å². The predicted molar refractivity (Wildman–Crippen MR) is 161 cm³/mol. The fourth-order valence-corrected chi connectivity index (χ4v) is 4.93. The zero-order valence-corrected chi connectivity index (χ0v) is 23.1. The van der Waals surface area contributed by atoms with Gasteiger partial charge in [0, 0.05) is 17.3 Å². The highest BCUT2D eigenvalue weighted by Gasteiger charge is 2.21. The highest BCUT2D eigenvalue weighted by atomic mass is 35.5. The third-order valence-corrected chi connectivity index (χ3v) is 6.92. The van der Waals surface area contributed by atoms with E-state index in [0.29, 0.717) is 56.2 Å². The molecule has 0 amide bonds. The maximum atomic E-state index is 9.99. The molecule has 0 radical (unpaired) electrons. The minimum absolute atomic E-state index is 0.0665. The van der Waals surface area contributed by atoms with Crippen molar-refractivity contribution in [1.29, 1.82) is 10.5 Å². The molecule has 0 spiro atoms. The zero-order valence-electron chi connectivity index (χ0n) is 23.3. The molecule has 8 nitrogen and oxygen atoms in total. The molecule has 0 aliphatic heterocycles. The number of allylic oxidation sites excluding steroid dienone is 1. The Hall–Kier alpha value is -5.18. The van der Waals surface area contributed by atoms with E-state index in [4.69, 9.17) is 11.6 Å². The Morgan fingerprint density at radius 3 is 2.61 bits per heavy atom. The molecular weight excluding hydrogens is 532 g/mol. The normalized spacial score (nSPS) is 13.3. The summed E-state index contributed by atoms with van der Waals surface area (Å²) in [6.45, 7) is 6.24. The Balaban J connectivity index is 1.65. The van der Waals surface area contributed by atoms with E-state index in [-0.39, 0.29) is 6.04 Å². The van der Waals surface area contributed by atoms with Crippen molar-refractivity contribution >= 4 is 33.9 Å². The number of nitriles is 2. The Morgan fingerprint density at radius 1 is 1.07 bits per heavy atom. The molecule has 0 aliphatic rings. The van der Waals surface area contributed by atoms with Gasteiger partial charge in [0.05, 0.1) is 59.6 Å². The van der Waals surface area contributed by atoms with Crippen molar-refractivity contribution < 1.29 is 1.37 Å². The molecule has 2 N–H and O–H groups in total. The van der Waals surface area contributed by atoms with Crippen LogP contribution in [0.25, 0.3) is 10.9 Å². The molecule has 9 heteroatoms. The zero-order chi connectivity index (χ0) is 29.7. The number of halogens is 1. The third kappa shape index (κ3) is 5.89. The highest BCUT2D eigenvalue weighted by Crippen LogP contribution is 2.37. The lowest BCUT2D eigenvalue weighted by atomic mass is 10.0. The molecule has 0 bridgehead atoms. The summed E-state index contributed by atoms with van der Waals surface area (Å²) in [7, 11) is 0. The molecular formula is C32H27ClN8. The van der Waals surface area contributed by atoms with Gasteiger partial charge in [-0.3, -0.25) is 4.98 Å². The van der Waals surface area contributed by atoms with Crippen LogP contribution in [0.2, 0.25) is 5.02 Å². The second-order valence-corrected chi connectivity index (χ2v) is 9.74. The van der Waals surface area contributed by atoms with Gasteiger partial charge in [0.15, 0.2) is 0 Å². The number of fused-ring (bicyclic) bond motifs is 1. The van der Waals surface area contributed by atoms with Crippen molar-refractivity contribution in [2.45, 2.75) is 31.9 Å². The maximum Gasteiger partial charge on any atom is 0.109 e. The average Bonchev–Trinajstić information content (AvgIpc) is 3.50. The van der Waals surface area contributed by atoms with Gasteiger partial charge in [0.2, 0.25) is 0 Å². The number of nitrogens with one attached hydrogen (secondary N) is 2. The molecule has 3 aromatic carbocycles. The SMILES string of the molecule is [2H][C@](Nc1cc(Cl)c2ncc(C#N)c(N[C@H](CC)c3ccccc3)c2c1)(c1cccc(C#N)c1)c1cn(CC=C)nn1. The van der Waals surface area contributed by atoms with Gasteiger partial charge in [-0.1, -0.05) is 72.3 Å². The van der Waals surface area contributed by atoms with Crippen molar-refractivity contribution in [2.24, 2.45) is 0 Å². The Kier molecular flexibility index (Phi) is 7.84. The van der Waals surface area contributed by atoms with Gasteiger partial charge in [0.25, 0.3) is 0 Å². The first-order chi connectivity index (χ1) is 20.4. The van der Waals surface area contributed by atoms with E-state index in [1.54, 1.807) is 47.3 Å².